The molecule has 1 aliphatic rings. The van der Waals surface area contributed by atoms with E-state index in [0.29, 0.717) is 19.3 Å². The Bertz CT molecular complexity index is 1630. The van der Waals surface area contributed by atoms with E-state index in [1.165, 1.54) is 83.5 Å². The summed E-state index contributed by atoms with van der Waals surface area (Å²) in [5.41, 5.74) is 0. The highest BCUT2D eigenvalue weighted by atomic mass is 16.7. The number of aliphatic hydroxyl groups excluding tert-OH is 2. The molecule has 6 atom stereocenters. The molecule has 0 aromatic rings. The van der Waals surface area contributed by atoms with Crippen LogP contribution in [0, 0.1) is 0 Å². The van der Waals surface area contributed by atoms with Gasteiger partial charge in [0.2, 0.25) is 0 Å². The van der Waals surface area contributed by atoms with Crippen LogP contribution in [-0.2, 0) is 42.9 Å². The Hall–Kier alpha value is -4.10. The lowest BCUT2D eigenvalue weighted by molar-refractivity contribution is -0.301. The fourth-order valence-corrected chi connectivity index (χ4v) is 8.48. The Morgan fingerprint density at radius 2 is 0.907 bits per heavy atom. The minimum Gasteiger partial charge on any atom is -0.479 e. The predicted octanol–water partition coefficient (Wildman–Crippen LogP) is 15.1. The zero-order valence-corrected chi connectivity index (χ0v) is 47.0. The first-order chi connectivity index (χ1) is 36.6. The predicted molar refractivity (Wildman–Crippen MR) is 303 cm³/mol. The molecular formula is C63H104O12. The van der Waals surface area contributed by atoms with E-state index < -0.39 is 67.3 Å². The van der Waals surface area contributed by atoms with Crippen LogP contribution in [0.15, 0.2) is 85.1 Å². The van der Waals surface area contributed by atoms with Crippen LogP contribution in [0.5, 0.6) is 0 Å². The molecule has 3 N–H and O–H groups in total. The van der Waals surface area contributed by atoms with Gasteiger partial charge in [-0.15, -0.1) is 0 Å². The average molecular weight is 1050 g/mol. The highest BCUT2D eigenvalue weighted by molar-refractivity contribution is 5.74. The first kappa shape index (κ1) is 68.9. The number of unbranched alkanes of at least 4 members (excludes halogenated alkanes) is 22. The molecule has 0 aliphatic carbocycles. The van der Waals surface area contributed by atoms with Crippen molar-refractivity contribution in [2.75, 3.05) is 13.2 Å². The summed E-state index contributed by atoms with van der Waals surface area (Å²) < 4.78 is 28.3. The summed E-state index contributed by atoms with van der Waals surface area (Å²) in [6, 6.07) is 0. The van der Waals surface area contributed by atoms with E-state index in [4.69, 9.17) is 23.7 Å². The molecule has 0 aromatic carbocycles. The number of carbonyl (C=O) groups is 4. The lowest BCUT2D eigenvalue weighted by Gasteiger charge is -2.40. The summed E-state index contributed by atoms with van der Waals surface area (Å²) in [5, 5.41) is 31.4. The second-order valence-corrected chi connectivity index (χ2v) is 19.9. The number of aliphatic carboxylic acids is 1. The third-order valence-electron chi connectivity index (χ3n) is 13.0. The number of esters is 3. The molecule has 12 heteroatoms. The lowest BCUT2D eigenvalue weighted by atomic mass is 9.98. The minimum absolute atomic E-state index is 0.135. The summed E-state index contributed by atoms with van der Waals surface area (Å²) in [4.78, 5) is 51.0. The molecule has 0 radical (unpaired) electrons. The molecule has 1 rings (SSSR count). The molecule has 0 saturated carbocycles. The standard InChI is InChI=1S/C63H104O12/c1-4-7-10-13-16-19-22-25-27-28-30-32-34-37-40-43-46-49-55(64)71-52-54(73-56(65)50-47-44-41-38-35-31-24-21-18-15-12-9-6-3)53-72-63-61(59(68)58(67)60(75-63)62(69)70)74-57(66)51-48-45-42-39-36-33-29-26-23-20-17-14-11-8-5-2/h8,11-12,15,17,20-21,24,26,29,36,39,45,48,54,58-61,63,67-68H,4-7,9-10,13-14,16,18-19,22-23,25,27-28,30-35,37-38,40-44,46-47,49-53H2,1-3H3,(H,69,70)/b11-8-,15-12-,20-17-,24-21-,29-26-,39-36-,48-45-. The van der Waals surface area contributed by atoms with E-state index >= 15 is 0 Å². The second-order valence-electron chi connectivity index (χ2n) is 19.9. The van der Waals surface area contributed by atoms with Crippen molar-refractivity contribution in [3.05, 3.63) is 85.1 Å². The summed E-state index contributed by atoms with van der Waals surface area (Å²) in [5.74, 6) is -3.30. The maximum absolute atomic E-state index is 13.1. The first-order valence-corrected chi connectivity index (χ1v) is 29.6. The molecule has 1 saturated heterocycles. The summed E-state index contributed by atoms with van der Waals surface area (Å²) in [6.45, 7) is 5.76. The van der Waals surface area contributed by atoms with Gasteiger partial charge in [0.05, 0.1) is 13.0 Å². The Morgan fingerprint density at radius 1 is 0.467 bits per heavy atom. The van der Waals surface area contributed by atoms with Gasteiger partial charge in [0.25, 0.3) is 0 Å². The third kappa shape index (κ3) is 40.8. The number of hydrogen-bond acceptors (Lipinski definition) is 11. The van der Waals surface area contributed by atoms with Gasteiger partial charge in [0, 0.05) is 12.8 Å². The molecular weight excluding hydrogens is 949 g/mol. The number of aliphatic hydroxyl groups is 2. The smallest absolute Gasteiger partial charge is 0.335 e. The van der Waals surface area contributed by atoms with Crippen molar-refractivity contribution in [2.24, 2.45) is 0 Å². The van der Waals surface area contributed by atoms with Crippen LogP contribution in [0.3, 0.4) is 0 Å². The highest BCUT2D eigenvalue weighted by Crippen LogP contribution is 2.26. The van der Waals surface area contributed by atoms with Crippen LogP contribution < -0.4 is 0 Å². The van der Waals surface area contributed by atoms with E-state index in [2.05, 4.69) is 81.5 Å². The molecule has 0 spiro atoms. The third-order valence-corrected chi connectivity index (χ3v) is 13.0. The molecule has 1 aliphatic heterocycles. The van der Waals surface area contributed by atoms with Crippen LogP contribution in [0.2, 0.25) is 0 Å². The monoisotopic (exact) mass is 1050 g/mol. The number of carboxylic acid groups (broad SMARTS) is 1. The van der Waals surface area contributed by atoms with Gasteiger partial charge in [-0.25, -0.2) is 4.79 Å². The molecule has 1 fully saturated rings. The van der Waals surface area contributed by atoms with Gasteiger partial charge in [-0.05, 0) is 70.6 Å². The normalized spacial score (nSPS) is 18.8. The van der Waals surface area contributed by atoms with Gasteiger partial charge in [0.1, 0.15) is 18.8 Å². The van der Waals surface area contributed by atoms with Crippen molar-refractivity contribution in [3.8, 4) is 0 Å². The van der Waals surface area contributed by atoms with Gasteiger partial charge in [-0.3, -0.25) is 14.4 Å². The topological polar surface area (TPSA) is 175 Å². The van der Waals surface area contributed by atoms with E-state index in [9.17, 15) is 34.5 Å². The first-order valence-electron chi connectivity index (χ1n) is 29.6. The van der Waals surface area contributed by atoms with Crippen molar-refractivity contribution in [1.29, 1.82) is 0 Å². The van der Waals surface area contributed by atoms with Gasteiger partial charge in [0.15, 0.2) is 24.6 Å². The molecule has 1 heterocycles. The molecule has 0 aromatic heterocycles. The number of carboxylic acids is 1. The van der Waals surface area contributed by atoms with Gasteiger partial charge in [-0.1, -0.05) is 234 Å². The Morgan fingerprint density at radius 3 is 1.40 bits per heavy atom. The number of hydrogen-bond donors (Lipinski definition) is 3. The molecule has 6 unspecified atom stereocenters. The Balaban J connectivity index is 2.73. The van der Waals surface area contributed by atoms with E-state index in [1.54, 1.807) is 12.2 Å². The van der Waals surface area contributed by atoms with Crippen LogP contribution in [0.1, 0.15) is 239 Å². The van der Waals surface area contributed by atoms with Gasteiger partial charge < -0.3 is 39.0 Å². The molecule has 12 nitrogen and oxygen atoms in total. The van der Waals surface area contributed by atoms with E-state index in [0.717, 1.165) is 96.3 Å². The summed E-state index contributed by atoms with van der Waals surface area (Å²) in [7, 11) is 0. The molecule has 428 valence electrons. The maximum atomic E-state index is 13.1. The quantitative estimate of drug-likeness (QED) is 0.0228. The zero-order chi connectivity index (χ0) is 54.7. The maximum Gasteiger partial charge on any atom is 0.335 e. The largest absolute Gasteiger partial charge is 0.479 e. The number of rotatable bonds is 49. The Labute approximate surface area is 454 Å². The van der Waals surface area contributed by atoms with Crippen molar-refractivity contribution in [2.45, 2.75) is 276 Å². The fraction of sp³-hybridized carbons (Fsp3) is 0.714. The Kier molecular flexibility index (Phi) is 46.6. The molecule has 75 heavy (non-hydrogen) atoms. The van der Waals surface area contributed by atoms with Crippen LogP contribution in [-0.4, -0.2) is 89.2 Å². The lowest BCUT2D eigenvalue weighted by Crippen LogP contribution is -2.61. The van der Waals surface area contributed by atoms with Crippen LogP contribution >= 0.6 is 0 Å². The zero-order valence-electron chi connectivity index (χ0n) is 47.0. The van der Waals surface area contributed by atoms with E-state index in [-0.39, 0.29) is 25.9 Å². The van der Waals surface area contributed by atoms with Crippen LogP contribution in [0.4, 0.5) is 0 Å². The van der Waals surface area contributed by atoms with E-state index in [1.807, 2.05) is 12.2 Å². The summed E-state index contributed by atoms with van der Waals surface area (Å²) in [6.07, 6.45) is 53.0. The molecule has 0 bridgehead atoms. The van der Waals surface area contributed by atoms with Crippen molar-refractivity contribution in [1.82, 2.24) is 0 Å². The summed E-state index contributed by atoms with van der Waals surface area (Å²) >= 11 is 0. The van der Waals surface area contributed by atoms with Crippen molar-refractivity contribution < 1.29 is 58.2 Å². The average Bonchev–Trinajstić information content (AvgIpc) is 3.39. The van der Waals surface area contributed by atoms with Crippen LogP contribution in [0.25, 0.3) is 0 Å². The number of carbonyl (C=O) groups excluding carboxylic acids is 3. The van der Waals surface area contributed by atoms with Crippen molar-refractivity contribution in [3.63, 3.8) is 0 Å². The van der Waals surface area contributed by atoms with Gasteiger partial charge in [-0.2, -0.15) is 0 Å². The number of ether oxygens (including phenoxy) is 5. The molecule has 0 amide bonds. The van der Waals surface area contributed by atoms with Gasteiger partial charge >= 0.3 is 23.9 Å². The minimum atomic E-state index is -1.94. The SMILES string of the molecule is CC/C=C\C/C=C\C/C=C\C/C=C\C/C=C\CC(=O)OC1C(OCC(COC(=O)CCCCCCCCCCCCCCCCCCC)OC(=O)CCCCCCC/C=C\C/C=C\CCC)OC(C(=O)O)C(O)C1O. The number of allylic oxidation sites excluding steroid dienone is 13. The van der Waals surface area contributed by atoms with Crippen molar-refractivity contribution >= 4 is 23.9 Å². The fourth-order valence-electron chi connectivity index (χ4n) is 8.48. The highest BCUT2D eigenvalue weighted by Gasteiger charge is 2.50. The second kappa shape index (κ2) is 50.7.